The van der Waals surface area contributed by atoms with E-state index in [1.807, 2.05) is 30.3 Å². The smallest absolute Gasteiger partial charge is 0.337 e. The second-order valence-corrected chi connectivity index (χ2v) is 4.72. The van der Waals surface area contributed by atoms with Gasteiger partial charge in [0, 0.05) is 17.8 Å². The van der Waals surface area contributed by atoms with Crippen molar-refractivity contribution in [3.8, 4) is 22.9 Å². The van der Waals surface area contributed by atoms with Crippen LogP contribution in [0.25, 0.3) is 11.3 Å². The highest BCUT2D eigenvalue weighted by Gasteiger charge is 2.15. The molecule has 0 saturated heterocycles. The van der Waals surface area contributed by atoms with Gasteiger partial charge in [0.25, 0.3) is 4.71 Å². The first-order chi connectivity index (χ1) is 10.6. The molecule has 0 fully saturated rings. The molecule has 0 aliphatic rings. The van der Waals surface area contributed by atoms with E-state index in [1.165, 1.54) is 18.3 Å². The molecule has 0 bridgehead atoms. The van der Waals surface area contributed by atoms with Gasteiger partial charge in [-0.05, 0) is 18.3 Å². The number of hydrogen-bond acceptors (Lipinski definition) is 5. The van der Waals surface area contributed by atoms with Crippen LogP contribution in [0, 0.1) is 4.71 Å². The first-order valence-corrected chi connectivity index (χ1v) is 6.70. The predicted octanol–water partition coefficient (Wildman–Crippen LogP) is 3.89. The van der Waals surface area contributed by atoms with Crippen molar-refractivity contribution in [2.75, 3.05) is 0 Å². The number of aromatic nitrogens is 2. The van der Waals surface area contributed by atoms with Crippen LogP contribution in [0.5, 0.6) is 11.6 Å². The van der Waals surface area contributed by atoms with Crippen LogP contribution in [0.1, 0.15) is 10.4 Å². The predicted molar refractivity (Wildman–Crippen MR) is 80.6 cm³/mol. The van der Waals surface area contributed by atoms with Crippen molar-refractivity contribution in [3.63, 3.8) is 0 Å². The van der Waals surface area contributed by atoms with Crippen molar-refractivity contribution in [2.24, 2.45) is 0 Å². The van der Waals surface area contributed by atoms with E-state index in [1.54, 1.807) is 0 Å². The van der Waals surface area contributed by atoms with Crippen LogP contribution in [0.3, 0.4) is 0 Å². The molecule has 2 N–H and O–H groups in total. The van der Waals surface area contributed by atoms with Gasteiger partial charge in [-0.3, -0.25) is 0 Å². The monoisotopic (exact) mass is 314 g/mol. The van der Waals surface area contributed by atoms with Crippen LogP contribution >= 0.6 is 12.2 Å². The number of aromatic carboxylic acids is 1. The van der Waals surface area contributed by atoms with Gasteiger partial charge in [0.2, 0.25) is 11.6 Å². The summed E-state index contributed by atoms with van der Waals surface area (Å²) in [5, 5.41) is 11.6. The van der Waals surface area contributed by atoms with Crippen molar-refractivity contribution in [1.29, 1.82) is 0 Å². The Hall–Kier alpha value is -2.93. The number of aromatic amines is 1. The molecule has 0 atom stereocenters. The van der Waals surface area contributed by atoms with Gasteiger partial charge < -0.3 is 14.4 Å². The second kappa shape index (κ2) is 5.82. The molecule has 0 aliphatic heterocycles. The minimum atomic E-state index is -1.05. The maximum atomic E-state index is 10.8. The zero-order chi connectivity index (χ0) is 15.5. The zero-order valence-corrected chi connectivity index (χ0v) is 12.0. The summed E-state index contributed by atoms with van der Waals surface area (Å²) in [5.74, 6) is -0.496. The first kappa shape index (κ1) is 14.0. The molecule has 3 aromatic rings. The molecular formula is C15H10N2O4S. The number of ether oxygens (including phenoxy) is 1. The van der Waals surface area contributed by atoms with E-state index in [0.29, 0.717) is 11.4 Å². The van der Waals surface area contributed by atoms with Gasteiger partial charge in [0.05, 0.1) is 5.56 Å². The van der Waals surface area contributed by atoms with E-state index in [2.05, 4.69) is 10.1 Å². The van der Waals surface area contributed by atoms with Crippen molar-refractivity contribution in [2.45, 2.75) is 0 Å². The lowest BCUT2D eigenvalue weighted by Crippen LogP contribution is -1.97. The molecule has 0 aliphatic carbocycles. The summed E-state index contributed by atoms with van der Waals surface area (Å²) in [7, 11) is 0. The molecule has 3 rings (SSSR count). The fourth-order valence-corrected chi connectivity index (χ4v) is 2.04. The van der Waals surface area contributed by atoms with Gasteiger partial charge in [0.15, 0.2) is 0 Å². The lowest BCUT2D eigenvalue weighted by molar-refractivity contribution is 0.0696. The highest BCUT2D eigenvalue weighted by Crippen LogP contribution is 2.32. The molecule has 2 heterocycles. The normalized spacial score (nSPS) is 10.4. The van der Waals surface area contributed by atoms with Crippen LogP contribution in [-0.4, -0.2) is 21.2 Å². The Morgan fingerprint density at radius 2 is 2.00 bits per heavy atom. The largest absolute Gasteiger partial charge is 0.478 e. The quantitative estimate of drug-likeness (QED) is 0.710. The summed E-state index contributed by atoms with van der Waals surface area (Å²) < 4.78 is 10.9. The molecule has 0 unspecified atom stereocenters. The number of carboxylic acid groups (broad SMARTS) is 1. The third kappa shape index (κ3) is 2.75. The Kier molecular flexibility index (Phi) is 3.71. The molecule has 110 valence electrons. The summed E-state index contributed by atoms with van der Waals surface area (Å²) >= 11 is 5.09. The van der Waals surface area contributed by atoms with E-state index in [0.717, 1.165) is 5.56 Å². The lowest BCUT2D eigenvalue weighted by atomic mass is 10.1. The highest BCUT2D eigenvalue weighted by atomic mass is 32.1. The number of nitrogens with zero attached hydrogens (tertiary/aromatic N) is 1. The van der Waals surface area contributed by atoms with Gasteiger partial charge in [0.1, 0.15) is 5.69 Å². The van der Waals surface area contributed by atoms with Crippen LogP contribution in [0.15, 0.2) is 53.2 Å². The third-order valence-corrected chi connectivity index (χ3v) is 3.18. The van der Waals surface area contributed by atoms with Crippen molar-refractivity contribution in [3.05, 3.63) is 58.9 Å². The number of benzene rings is 1. The SMILES string of the molecule is O=C(O)c1ccc(Oc2c(-c3ccccc3)[nH]oc2=S)nc1. The molecule has 1 aromatic carbocycles. The molecule has 7 heteroatoms. The number of H-pyrrole nitrogens is 1. The third-order valence-electron chi connectivity index (χ3n) is 2.91. The first-order valence-electron chi connectivity index (χ1n) is 6.29. The lowest BCUT2D eigenvalue weighted by Gasteiger charge is -2.04. The van der Waals surface area contributed by atoms with Gasteiger partial charge in [-0.1, -0.05) is 30.3 Å². The molecule has 0 amide bonds. The van der Waals surface area contributed by atoms with Crippen molar-refractivity contribution < 1.29 is 19.2 Å². The van der Waals surface area contributed by atoms with Crippen LogP contribution in [-0.2, 0) is 0 Å². The van der Waals surface area contributed by atoms with Crippen LogP contribution in [0.4, 0.5) is 0 Å². The van der Waals surface area contributed by atoms with E-state index in [-0.39, 0.29) is 16.2 Å². The van der Waals surface area contributed by atoms with Gasteiger partial charge in [-0.25, -0.2) is 14.9 Å². The zero-order valence-electron chi connectivity index (χ0n) is 11.1. The minimum absolute atomic E-state index is 0.0768. The van der Waals surface area contributed by atoms with Gasteiger partial charge >= 0.3 is 5.97 Å². The number of hydrogen-bond donors (Lipinski definition) is 2. The van der Waals surface area contributed by atoms with E-state index < -0.39 is 5.97 Å². The number of nitrogens with one attached hydrogen (secondary N) is 1. The average Bonchev–Trinajstić information content (AvgIpc) is 2.90. The molecule has 0 radical (unpaired) electrons. The van der Waals surface area contributed by atoms with Crippen molar-refractivity contribution in [1.82, 2.24) is 10.1 Å². The Labute approximate surface area is 130 Å². The summed E-state index contributed by atoms with van der Waals surface area (Å²) in [6.45, 7) is 0. The Bertz CT molecular complexity index is 853. The second-order valence-electron chi connectivity index (χ2n) is 4.35. The maximum Gasteiger partial charge on any atom is 0.337 e. The summed E-state index contributed by atoms with van der Waals surface area (Å²) in [6.07, 6.45) is 1.21. The Morgan fingerprint density at radius 3 is 2.64 bits per heavy atom. The molecular weight excluding hydrogens is 304 g/mol. The Balaban J connectivity index is 1.94. The fourth-order valence-electron chi connectivity index (χ4n) is 1.85. The number of rotatable bonds is 4. The number of carbonyl (C=O) groups is 1. The van der Waals surface area contributed by atoms with Gasteiger partial charge in [-0.2, -0.15) is 0 Å². The number of carboxylic acids is 1. The van der Waals surface area contributed by atoms with E-state index in [4.69, 9.17) is 26.6 Å². The maximum absolute atomic E-state index is 10.8. The van der Waals surface area contributed by atoms with Crippen LogP contribution in [0.2, 0.25) is 0 Å². The summed E-state index contributed by atoms with van der Waals surface area (Å²) in [6, 6.07) is 12.3. The van der Waals surface area contributed by atoms with E-state index in [9.17, 15) is 4.79 Å². The summed E-state index contributed by atoms with van der Waals surface area (Å²) in [5.41, 5.74) is 1.52. The minimum Gasteiger partial charge on any atom is -0.478 e. The van der Waals surface area contributed by atoms with E-state index >= 15 is 0 Å². The summed E-state index contributed by atoms with van der Waals surface area (Å²) in [4.78, 5) is 14.8. The van der Waals surface area contributed by atoms with Gasteiger partial charge in [-0.15, -0.1) is 0 Å². The fraction of sp³-hybridized carbons (Fsp3) is 0. The molecule has 2 aromatic heterocycles. The van der Waals surface area contributed by atoms with Crippen molar-refractivity contribution >= 4 is 18.2 Å². The average molecular weight is 314 g/mol. The highest BCUT2D eigenvalue weighted by molar-refractivity contribution is 7.71. The molecule has 6 nitrogen and oxygen atoms in total. The van der Waals surface area contributed by atoms with Crippen LogP contribution < -0.4 is 4.74 Å². The molecule has 0 spiro atoms. The number of pyridine rings is 1. The Morgan fingerprint density at radius 1 is 1.23 bits per heavy atom. The topological polar surface area (TPSA) is 88.4 Å². The standard InChI is InChI=1S/C15H10N2O4S/c18-14(19)10-6-7-11(16-8-10)20-13-12(17-21-15(13)22)9-4-2-1-3-5-9/h1-8,17H,(H,18,19). The molecule has 22 heavy (non-hydrogen) atoms. The molecule has 0 saturated carbocycles.